The third-order valence-electron chi connectivity index (χ3n) is 4.34. The Morgan fingerprint density at radius 1 is 1.41 bits per heavy atom. The summed E-state index contributed by atoms with van der Waals surface area (Å²) >= 11 is 0. The van der Waals surface area contributed by atoms with Gasteiger partial charge >= 0.3 is 0 Å². The standard InChI is InChI=1S/C15H25N7/c1-3-16-15(17-10-14-18-12-19-20(14)2)22-9-6-13(11-22)21-7-4-5-8-21/h4-5,12-13H,3,6-11H2,1-2H3,(H,16,17). The van der Waals surface area contributed by atoms with E-state index < -0.39 is 0 Å². The summed E-state index contributed by atoms with van der Waals surface area (Å²) in [6.45, 7) is 7.83. The van der Waals surface area contributed by atoms with Crippen molar-refractivity contribution in [3.05, 3.63) is 24.3 Å². The fourth-order valence-corrected chi connectivity index (χ4v) is 3.06. The van der Waals surface area contributed by atoms with Crippen LogP contribution in [0.25, 0.3) is 0 Å². The molecule has 120 valence electrons. The molecule has 3 rings (SSSR count). The molecule has 0 amide bonds. The van der Waals surface area contributed by atoms with Crippen molar-refractivity contribution in [2.45, 2.75) is 25.9 Å². The van der Waals surface area contributed by atoms with E-state index >= 15 is 0 Å². The third-order valence-corrected chi connectivity index (χ3v) is 4.34. The fraction of sp³-hybridized carbons (Fsp3) is 0.667. The molecule has 0 saturated carbocycles. The van der Waals surface area contributed by atoms with Crippen LogP contribution in [0.3, 0.4) is 0 Å². The molecule has 0 bridgehead atoms. The van der Waals surface area contributed by atoms with E-state index in [1.807, 2.05) is 7.05 Å². The van der Waals surface area contributed by atoms with Crippen LogP contribution in [-0.2, 0) is 13.6 Å². The number of nitrogens with zero attached hydrogens (tertiary/aromatic N) is 6. The molecule has 0 spiro atoms. The van der Waals surface area contributed by atoms with Gasteiger partial charge in [-0.3, -0.25) is 9.58 Å². The smallest absolute Gasteiger partial charge is 0.194 e. The van der Waals surface area contributed by atoms with Crippen molar-refractivity contribution >= 4 is 5.96 Å². The predicted octanol–water partition coefficient (Wildman–Crippen LogP) is 0.227. The Morgan fingerprint density at radius 3 is 2.91 bits per heavy atom. The van der Waals surface area contributed by atoms with Crippen molar-refractivity contribution in [1.29, 1.82) is 0 Å². The van der Waals surface area contributed by atoms with E-state index in [-0.39, 0.29) is 0 Å². The number of aromatic nitrogens is 3. The lowest BCUT2D eigenvalue weighted by Crippen LogP contribution is -2.42. The molecule has 2 aliphatic rings. The van der Waals surface area contributed by atoms with E-state index in [9.17, 15) is 0 Å². The lowest BCUT2D eigenvalue weighted by Gasteiger charge is -2.25. The van der Waals surface area contributed by atoms with Crippen LogP contribution in [-0.4, -0.2) is 69.3 Å². The minimum absolute atomic E-state index is 0.561. The molecule has 2 aliphatic heterocycles. The predicted molar refractivity (Wildman–Crippen MR) is 86.5 cm³/mol. The summed E-state index contributed by atoms with van der Waals surface area (Å²) in [5, 5.41) is 7.49. The van der Waals surface area contributed by atoms with Crippen molar-refractivity contribution in [3.63, 3.8) is 0 Å². The van der Waals surface area contributed by atoms with Gasteiger partial charge in [0.25, 0.3) is 0 Å². The van der Waals surface area contributed by atoms with E-state index in [0.29, 0.717) is 12.6 Å². The highest BCUT2D eigenvalue weighted by molar-refractivity contribution is 5.80. The zero-order chi connectivity index (χ0) is 15.4. The summed E-state index contributed by atoms with van der Waals surface area (Å²) in [5.41, 5.74) is 0. The molecular formula is C15H25N7. The number of nitrogens with one attached hydrogen (secondary N) is 1. The second kappa shape index (κ2) is 6.91. The van der Waals surface area contributed by atoms with E-state index in [4.69, 9.17) is 4.99 Å². The summed E-state index contributed by atoms with van der Waals surface area (Å²) in [5.74, 6) is 1.87. The van der Waals surface area contributed by atoms with Crippen LogP contribution >= 0.6 is 0 Å². The van der Waals surface area contributed by atoms with Crippen molar-refractivity contribution in [2.75, 3.05) is 32.7 Å². The lowest BCUT2D eigenvalue weighted by molar-refractivity contribution is 0.259. The SMILES string of the molecule is CCNC(=NCc1ncnn1C)N1CCC(N2CC=CC2)C1. The highest BCUT2D eigenvalue weighted by atomic mass is 15.4. The average Bonchev–Trinajstić information content (AvgIpc) is 3.24. The molecule has 1 aromatic heterocycles. The Balaban J connectivity index is 1.62. The van der Waals surface area contributed by atoms with Crippen LogP contribution in [0, 0.1) is 0 Å². The number of aryl methyl sites for hydroxylation is 1. The first kappa shape index (κ1) is 15.0. The summed E-state index contributed by atoms with van der Waals surface area (Å²) in [7, 11) is 1.90. The van der Waals surface area contributed by atoms with Gasteiger partial charge in [0.2, 0.25) is 0 Å². The van der Waals surface area contributed by atoms with Gasteiger partial charge in [-0.1, -0.05) is 12.2 Å². The van der Waals surface area contributed by atoms with Crippen molar-refractivity contribution in [1.82, 2.24) is 29.9 Å². The van der Waals surface area contributed by atoms with Gasteiger partial charge in [0.15, 0.2) is 5.96 Å². The maximum atomic E-state index is 4.73. The summed E-state index contributed by atoms with van der Waals surface area (Å²) in [6.07, 6.45) is 7.30. The van der Waals surface area contributed by atoms with Gasteiger partial charge in [0.05, 0.1) is 0 Å². The highest BCUT2D eigenvalue weighted by Gasteiger charge is 2.29. The first-order valence-electron chi connectivity index (χ1n) is 8.03. The van der Waals surface area contributed by atoms with Gasteiger partial charge in [0.1, 0.15) is 18.7 Å². The number of hydrogen-bond donors (Lipinski definition) is 1. The van der Waals surface area contributed by atoms with Gasteiger partial charge in [-0.15, -0.1) is 0 Å². The monoisotopic (exact) mass is 303 g/mol. The van der Waals surface area contributed by atoms with Crippen LogP contribution < -0.4 is 5.32 Å². The second-order valence-electron chi connectivity index (χ2n) is 5.78. The first-order valence-corrected chi connectivity index (χ1v) is 8.03. The molecule has 1 atom stereocenters. The molecule has 3 heterocycles. The fourth-order valence-electron chi connectivity index (χ4n) is 3.06. The summed E-state index contributed by atoms with van der Waals surface area (Å²) < 4.78 is 1.77. The summed E-state index contributed by atoms with van der Waals surface area (Å²) in [4.78, 5) is 13.9. The van der Waals surface area contributed by atoms with Crippen molar-refractivity contribution in [2.24, 2.45) is 12.0 Å². The van der Waals surface area contributed by atoms with Crippen LogP contribution in [0.4, 0.5) is 0 Å². The second-order valence-corrected chi connectivity index (χ2v) is 5.78. The van der Waals surface area contributed by atoms with Gasteiger partial charge in [-0.25, -0.2) is 9.98 Å². The largest absolute Gasteiger partial charge is 0.357 e. The van der Waals surface area contributed by atoms with Crippen molar-refractivity contribution in [3.8, 4) is 0 Å². The Labute approximate surface area is 131 Å². The molecule has 0 aromatic carbocycles. The zero-order valence-corrected chi connectivity index (χ0v) is 13.4. The van der Waals surface area contributed by atoms with E-state index in [2.05, 4.69) is 44.3 Å². The third kappa shape index (κ3) is 3.30. The van der Waals surface area contributed by atoms with Crippen LogP contribution in [0.1, 0.15) is 19.2 Å². The maximum absolute atomic E-state index is 4.73. The van der Waals surface area contributed by atoms with E-state index in [1.165, 1.54) is 6.42 Å². The molecule has 0 aliphatic carbocycles. The van der Waals surface area contributed by atoms with Gasteiger partial charge in [-0.05, 0) is 13.3 Å². The van der Waals surface area contributed by atoms with Crippen molar-refractivity contribution < 1.29 is 0 Å². The molecule has 1 unspecified atom stereocenters. The minimum atomic E-state index is 0.561. The normalized spacial score (nSPS) is 22.7. The average molecular weight is 303 g/mol. The number of hydrogen-bond acceptors (Lipinski definition) is 4. The summed E-state index contributed by atoms with van der Waals surface area (Å²) in [6, 6.07) is 0.633. The molecule has 1 saturated heterocycles. The zero-order valence-electron chi connectivity index (χ0n) is 13.4. The Hall–Kier alpha value is -1.89. The Kier molecular flexibility index (Phi) is 4.72. The Bertz CT molecular complexity index is 540. The molecule has 7 heteroatoms. The molecule has 1 aromatic rings. The molecular weight excluding hydrogens is 278 g/mol. The number of rotatable bonds is 4. The quantitative estimate of drug-likeness (QED) is 0.490. The molecule has 0 radical (unpaired) electrons. The molecule has 1 fully saturated rings. The van der Waals surface area contributed by atoms with Gasteiger partial charge < -0.3 is 10.2 Å². The van der Waals surface area contributed by atoms with E-state index in [1.54, 1.807) is 11.0 Å². The first-order chi connectivity index (χ1) is 10.8. The Morgan fingerprint density at radius 2 is 2.23 bits per heavy atom. The minimum Gasteiger partial charge on any atom is -0.357 e. The van der Waals surface area contributed by atoms with Gasteiger partial charge in [-0.2, -0.15) is 5.10 Å². The van der Waals surface area contributed by atoms with Crippen LogP contribution in [0.5, 0.6) is 0 Å². The highest BCUT2D eigenvalue weighted by Crippen LogP contribution is 2.18. The van der Waals surface area contributed by atoms with Crippen LogP contribution in [0.15, 0.2) is 23.5 Å². The van der Waals surface area contributed by atoms with Crippen LogP contribution in [0.2, 0.25) is 0 Å². The molecule has 1 N–H and O–H groups in total. The number of guanidine groups is 1. The molecule has 7 nitrogen and oxygen atoms in total. The van der Waals surface area contributed by atoms with Gasteiger partial charge in [0, 0.05) is 45.8 Å². The number of likely N-dealkylation sites (tertiary alicyclic amines) is 1. The molecule has 22 heavy (non-hydrogen) atoms. The maximum Gasteiger partial charge on any atom is 0.194 e. The number of aliphatic imine (C=N–C) groups is 1. The van der Waals surface area contributed by atoms with E-state index in [0.717, 1.165) is 44.5 Å². The topological polar surface area (TPSA) is 61.6 Å². The lowest BCUT2D eigenvalue weighted by atomic mass is 10.2.